The predicted octanol–water partition coefficient (Wildman–Crippen LogP) is 2.53. The van der Waals surface area contributed by atoms with Gasteiger partial charge in [-0.15, -0.1) is 0 Å². The zero-order chi connectivity index (χ0) is 18.5. The van der Waals surface area contributed by atoms with Crippen LogP contribution < -0.4 is 5.32 Å². The fraction of sp³-hybridized carbons (Fsp3) is 0.211. The smallest absolute Gasteiger partial charge is 0.252 e. The molecule has 3 N–H and O–H groups in total. The maximum Gasteiger partial charge on any atom is 0.252 e. The van der Waals surface area contributed by atoms with Gasteiger partial charge in [-0.25, -0.2) is 4.98 Å². The van der Waals surface area contributed by atoms with Crippen molar-refractivity contribution in [3.8, 4) is 11.3 Å². The highest BCUT2D eigenvalue weighted by Gasteiger charge is 2.17. The molecule has 26 heavy (non-hydrogen) atoms. The van der Waals surface area contributed by atoms with Crippen LogP contribution in [0.4, 0.5) is 0 Å². The fourth-order valence-electron chi connectivity index (χ4n) is 2.68. The van der Waals surface area contributed by atoms with E-state index >= 15 is 0 Å². The van der Waals surface area contributed by atoms with E-state index in [9.17, 15) is 9.90 Å². The van der Waals surface area contributed by atoms with Gasteiger partial charge in [0.05, 0.1) is 29.4 Å². The molecule has 1 amide bonds. The van der Waals surface area contributed by atoms with Crippen molar-refractivity contribution in [2.24, 2.45) is 0 Å². The van der Waals surface area contributed by atoms with Crippen LogP contribution in [-0.4, -0.2) is 45.3 Å². The molecule has 0 bridgehead atoms. The van der Waals surface area contributed by atoms with Crippen LogP contribution in [-0.2, 0) is 0 Å². The number of aliphatic hydroxyl groups is 2. The first-order chi connectivity index (χ1) is 12.6. The van der Waals surface area contributed by atoms with Crippen LogP contribution >= 0.6 is 15.9 Å². The zero-order valence-corrected chi connectivity index (χ0v) is 15.5. The molecule has 3 rings (SSSR count). The highest BCUT2D eigenvalue weighted by molar-refractivity contribution is 9.10. The summed E-state index contributed by atoms with van der Waals surface area (Å²) in [5.41, 5.74) is 2.66. The summed E-state index contributed by atoms with van der Waals surface area (Å²) in [6.45, 7) is -0.355. The van der Waals surface area contributed by atoms with Crippen molar-refractivity contribution in [2.75, 3.05) is 13.2 Å². The lowest BCUT2D eigenvalue weighted by molar-refractivity contribution is 0.0906. The number of benzene rings is 1. The summed E-state index contributed by atoms with van der Waals surface area (Å²) in [5.74, 6) is -0.321. The van der Waals surface area contributed by atoms with Crippen molar-refractivity contribution in [1.82, 2.24) is 15.3 Å². The Kier molecular flexibility index (Phi) is 5.92. The highest BCUT2D eigenvalue weighted by atomic mass is 79.9. The number of nitrogens with one attached hydrogen (secondary N) is 1. The Morgan fingerprint density at radius 1 is 1.15 bits per heavy atom. The van der Waals surface area contributed by atoms with E-state index in [-0.39, 0.29) is 25.5 Å². The third-order valence-electron chi connectivity index (χ3n) is 4.02. The third-order valence-corrected chi connectivity index (χ3v) is 4.52. The van der Waals surface area contributed by atoms with Crippen molar-refractivity contribution < 1.29 is 15.0 Å². The second kappa shape index (κ2) is 8.35. The lowest BCUT2D eigenvalue weighted by Crippen LogP contribution is -2.38. The van der Waals surface area contributed by atoms with Gasteiger partial charge in [0.25, 0.3) is 5.91 Å². The third kappa shape index (κ3) is 4.07. The van der Waals surface area contributed by atoms with Crippen molar-refractivity contribution in [3.05, 3.63) is 58.8 Å². The average Bonchev–Trinajstić information content (AvgIpc) is 2.67. The topological polar surface area (TPSA) is 95.3 Å². The van der Waals surface area contributed by atoms with E-state index in [0.717, 1.165) is 10.0 Å². The van der Waals surface area contributed by atoms with Gasteiger partial charge in [-0.2, -0.15) is 0 Å². The monoisotopic (exact) mass is 415 g/mol. The molecule has 0 aliphatic rings. The van der Waals surface area contributed by atoms with Crippen molar-refractivity contribution in [1.29, 1.82) is 0 Å². The lowest BCUT2D eigenvalue weighted by atomic mass is 10.0. The van der Waals surface area contributed by atoms with E-state index in [1.165, 1.54) is 0 Å². The minimum Gasteiger partial charge on any atom is -0.396 e. The Hall–Kier alpha value is -2.35. The number of nitrogens with zero attached hydrogens (tertiary/aromatic N) is 2. The minimum atomic E-state index is -0.507. The molecule has 0 aliphatic heterocycles. The van der Waals surface area contributed by atoms with Crippen molar-refractivity contribution in [2.45, 2.75) is 12.5 Å². The van der Waals surface area contributed by atoms with Crippen LogP contribution in [0.25, 0.3) is 22.2 Å². The number of aliphatic hydroxyl groups excluding tert-OH is 2. The quantitative estimate of drug-likeness (QED) is 0.574. The highest BCUT2D eigenvalue weighted by Crippen LogP contribution is 2.27. The van der Waals surface area contributed by atoms with E-state index in [1.54, 1.807) is 18.5 Å². The van der Waals surface area contributed by atoms with Crippen molar-refractivity contribution in [3.63, 3.8) is 0 Å². The summed E-state index contributed by atoms with van der Waals surface area (Å²) >= 11 is 3.43. The zero-order valence-electron chi connectivity index (χ0n) is 13.9. The SMILES string of the molecule is O=C(NC(CO)CCO)c1cc(-c2ccncc2)nc2ccc(Br)cc12. The van der Waals surface area contributed by atoms with Gasteiger partial charge >= 0.3 is 0 Å². The molecule has 1 aromatic carbocycles. The largest absolute Gasteiger partial charge is 0.396 e. The van der Waals surface area contributed by atoms with Gasteiger partial charge in [0, 0.05) is 34.4 Å². The van der Waals surface area contributed by atoms with Gasteiger partial charge in [-0.3, -0.25) is 9.78 Å². The summed E-state index contributed by atoms with van der Waals surface area (Å²) in [5, 5.41) is 21.9. The second-order valence-corrected chi connectivity index (χ2v) is 6.73. The number of amides is 1. The molecule has 6 nitrogen and oxygen atoms in total. The minimum absolute atomic E-state index is 0.115. The normalized spacial score (nSPS) is 12.1. The van der Waals surface area contributed by atoms with Crippen LogP contribution in [0.5, 0.6) is 0 Å². The summed E-state index contributed by atoms with van der Waals surface area (Å²) < 4.78 is 0.839. The number of pyridine rings is 2. The molecule has 0 fully saturated rings. The Morgan fingerprint density at radius 2 is 1.92 bits per heavy atom. The Balaban J connectivity index is 2.09. The Morgan fingerprint density at radius 3 is 2.62 bits per heavy atom. The Labute approximate surface area is 159 Å². The first-order valence-electron chi connectivity index (χ1n) is 8.15. The van der Waals surface area contributed by atoms with Gasteiger partial charge in [-0.1, -0.05) is 15.9 Å². The number of halogens is 1. The number of hydrogen-bond acceptors (Lipinski definition) is 5. The number of hydrogen-bond donors (Lipinski definition) is 3. The van der Waals surface area contributed by atoms with Crippen molar-refractivity contribution >= 4 is 32.7 Å². The molecular formula is C19H18BrN3O3. The standard InChI is InChI=1S/C19H18BrN3O3/c20-13-1-2-17-15(9-13)16(19(26)22-14(11-25)5-8-24)10-18(23-17)12-3-6-21-7-4-12/h1-4,6-7,9-10,14,24-25H,5,8,11H2,(H,22,26). The Bertz CT molecular complexity index is 919. The van der Waals surface area contributed by atoms with Gasteiger partial charge in [0.15, 0.2) is 0 Å². The van der Waals surface area contributed by atoms with Gasteiger partial charge < -0.3 is 15.5 Å². The number of carbonyl (C=O) groups is 1. The molecule has 7 heteroatoms. The van der Waals surface area contributed by atoms with Crippen LogP contribution in [0.1, 0.15) is 16.8 Å². The molecule has 3 aromatic rings. The van der Waals surface area contributed by atoms with Crippen LogP contribution in [0.2, 0.25) is 0 Å². The molecule has 0 radical (unpaired) electrons. The van der Waals surface area contributed by atoms with Gasteiger partial charge in [0.1, 0.15) is 0 Å². The van der Waals surface area contributed by atoms with E-state index in [2.05, 4.69) is 31.2 Å². The van der Waals surface area contributed by atoms with Crippen LogP contribution in [0.15, 0.2) is 53.3 Å². The number of carbonyl (C=O) groups excluding carboxylic acids is 1. The number of fused-ring (bicyclic) bond motifs is 1. The molecule has 0 aliphatic carbocycles. The first kappa shape index (κ1) is 18.4. The molecule has 2 heterocycles. The summed E-state index contributed by atoms with van der Waals surface area (Å²) in [7, 11) is 0. The number of aromatic nitrogens is 2. The first-order valence-corrected chi connectivity index (χ1v) is 8.95. The fourth-order valence-corrected chi connectivity index (χ4v) is 3.05. The summed E-state index contributed by atoms with van der Waals surface area (Å²) in [6.07, 6.45) is 3.63. The maximum atomic E-state index is 12.8. The van der Waals surface area contributed by atoms with Crippen LogP contribution in [0, 0.1) is 0 Å². The number of rotatable bonds is 6. The molecule has 1 unspecified atom stereocenters. The van der Waals surface area contributed by atoms with Gasteiger partial charge in [0.2, 0.25) is 0 Å². The molecule has 0 saturated heterocycles. The average molecular weight is 416 g/mol. The molecule has 0 spiro atoms. The predicted molar refractivity (Wildman–Crippen MR) is 103 cm³/mol. The summed E-state index contributed by atoms with van der Waals surface area (Å²) in [4.78, 5) is 21.5. The molecule has 0 saturated carbocycles. The lowest BCUT2D eigenvalue weighted by Gasteiger charge is -2.16. The molecule has 1 atom stereocenters. The van der Waals surface area contributed by atoms with E-state index < -0.39 is 6.04 Å². The molecule has 134 valence electrons. The van der Waals surface area contributed by atoms with E-state index in [0.29, 0.717) is 22.2 Å². The maximum absolute atomic E-state index is 12.8. The van der Waals surface area contributed by atoms with Crippen LogP contribution in [0.3, 0.4) is 0 Å². The van der Waals surface area contributed by atoms with E-state index in [4.69, 9.17) is 5.11 Å². The second-order valence-electron chi connectivity index (χ2n) is 5.82. The summed E-state index contributed by atoms with van der Waals surface area (Å²) in [6, 6.07) is 10.4. The molecule has 2 aromatic heterocycles. The van der Waals surface area contributed by atoms with Gasteiger partial charge in [-0.05, 0) is 42.8 Å². The van der Waals surface area contributed by atoms with E-state index in [1.807, 2.05) is 30.3 Å². The molecular weight excluding hydrogens is 398 g/mol.